The lowest BCUT2D eigenvalue weighted by molar-refractivity contribution is -0.142. The third kappa shape index (κ3) is 4.39. The maximum absolute atomic E-state index is 12.8. The van der Waals surface area contributed by atoms with Crippen LogP contribution in [0.4, 0.5) is 4.79 Å². The molecule has 1 saturated heterocycles. The summed E-state index contributed by atoms with van der Waals surface area (Å²) in [5.41, 5.74) is 1.50. The highest BCUT2D eigenvalue weighted by molar-refractivity contribution is 5.95. The average molecular weight is 390 g/mol. The summed E-state index contributed by atoms with van der Waals surface area (Å²) < 4.78 is 21.9. The van der Waals surface area contributed by atoms with Crippen LogP contribution in [0.5, 0.6) is 11.5 Å². The molecule has 3 rings (SSSR count). The number of amides is 2. The van der Waals surface area contributed by atoms with Gasteiger partial charge in [-0.2, -0.15) is 0 Å². The van der Waals surface area contributed by atoms with Crippen molar-refractivity contribution in [3.63, 3.8) is 0 Å². The number of benzene rings is 1. The van der Waals surface area contributed by atoms with E-state index >= 15 is 0 Å². The van der Waals surface area contributed by atoms with Crippen molar-refractivity contribution < 1.29 is 28.5 Å². The largest absolute Gasteiger partial charge is 0.493 e. The molecule has 2 heterocycles. The van der Waals surface area contributed by atoms with Gasteiger partial charge in [-0.1, -0.05) is 6.07 Å². The van der Waals surface area contributed by atoms with Crippen LogP contribution in [-0.2, 0) is 14.3 Å². The fourth-order valence-corrected chi connectivity index (χ4v) is 3.38. The SMILES string of the molecule is CCOc1ccc([C@@H]2NC(=O)NC(C)=C2C(=O)OC[C@H]2CCCO2)cc1OC. The van der Waals surface area contributed by atoms with Crippen molar-refractivity contribution in [2.75, 3.05) is 26.9 Å². The molecule has 0 aliphatic carbocycles. The molecular weight excluding hydrogens is 364 g/mol. The minimum Gasteiger partial charge on any atom is -0.493 e. The summed E-state index contributed by atoms with van der Waals surface area (Å²) >= 11 is 0. The van der Waals surface area contributed by atoms with Crippen LogP contribution in [0.1, 0.15) is 38.3 Å². The van der Waals surface area contributed by atoms with Gasteiger partial charge in [0.1, 0.15) is 6.61 Å². The Kier molecular flexibility index (Phi) is 6.41. The number of nitrogens with one attached hydrogen (secondary N) is 2. The number of rotatable bonds is 7. The van der Waals surface area contributed by atoms with Crippen molar-refractivity contribution in [1.29, 1.82) is 0 Å². The van der Waals surface area contributed by atoms with Crippen LogP contribution in [0.15, 0.2) is 29.5 Å². The maximum atomic E-state index is 12.8. The van der Waals surface area contributed by atoms with E-state index in [1.165, 1.54) is 0 Å². The Labute approximate surface area is 164 Å². The standard InChI is InChI=1S/C20H26N2O6/c1-4-26-15-8-7-13(10-16(15)25-3)18-17(12(2)21-20(24)22-18)19(23)28-11-14-6-5-9-27-14/h7-8,10,14,18H,4-6,9,11H2,1-3H3,(H2,21,22,24)/t14-,18+/m1/s1. The number of hydrogen-bond acceptors (Lipinski definition) is 6. The normalized spacial score (nSPS) is 21.8. The Bertz CT molecular complexity index is 770. The van der Waals surface area contributed by atoms with E-state index in [2.05, 4.69) is 10.6 Å². The smallest absolute Gasteiger partial charge is 0.338 e. The van der Waals surface area contributed by atoms with E-state index in [4.69, 9.17) is 18.9 Å². The van der Waals surface area contributed by atoms with Gasteiger partial charge in [0, 0.05) is 12.3 Å². The molecule has 0 bridgehead atoms. The molecule has 28 heavy (non-hydrogen) atoms. The first-order chi connectivity index (χ1) is 13.5. The molecule has 8 nitrogen and oxygen atoms in total. The lowest BCUT2D eigenvalue weighted by Crippen LogP contribution is -2.45. The molecule has 0 radical (unpaired) electrons. The number of esters is 1. The summed E-state index contributed by atoms with van der Waals surface area (Å²) in [5, 5.41) is 5.43. The highest BCUT2D eigenvalue weighted by Gasteiger charge is 2.33. The van der Waals surface area contributed by atoms with E-state index in [9.17, 15) is 9.59 Å². The molecule has 2 aliphatic heterocycles. The van der Waals surface area contributed by atoms with E-state index in [0.29, 0.717) is 41.5 Å². The first kappa shape index (κ1) is 20.0. The van der Waals surface area contributed by atoms with Gasteiger partial charge >= 0.3 is 12.0 Å². The number of hydrogen-bond donors (Lipinski definition) is 2. The van der Waals surface area contributed by atoms with E-state index in [0.717, 1.165) is 12.8 Å². The average Bonchev–Trinajstić information content (AvgIpc) is 3.19. The molecule has 0 spiro atoms. The fourth-order valence-electron chi connectivity index (χ4n) is 3.38. The van der Waals surface area contributed by atoms with E-state index < -0.39 is 12.0 Å². The van der Waals surface area contributed by atoms with E-state index in [1.807, 2.05) is 6.92 Å². The summed E-state index contributed by atoms with van der Waals surface area (Å²) in [4.78, 5) is 24.8. The monoisotopic (exact) mass is 390 g/mol. The van der Waals surface area contributed by atoms with Gasteiger partial charge in [0.05, 0.1) is 31.4 Å². The second-order valence-corrected chi connectivity index (χ2v) is 6.65. The Morgan fingerprint density at radius 2 is 2.14 bits per heavy atom. The van der Waals surface area contributed by atoms with Crippen LogP contribution >= 0.6 is 0 Å². The van der Waals surface area contributed by atoms with Crippen molar-refractivity contribution in [3.05, 3.63) is 35.0 Å². The Hall–Kier alpha value is -2.74. The maximum Gasteiger partial charge on any atom is 0.338 e. The molecule has 2 N–H and O–H groups in total. The molecule has 8 heteroatoms. The Morgan fingerprint density at radius 1 is 1.32 bits per heavy atom. The summed E-state index contributed by atoms with van der Waals surface area (Å²) in [6.07, 6.45) is 1.77. The third-order valence-electron chi connectivity index (χ3n) is 4.73. The second kappa shape index (κ2) is 8.97. The van der Waals surface area contributed by atoms with Crippen LogP contribution in [0.25, 0.3) is 0 Å². The number of carbonyl (C=O) groups excluding carboxylic acids is 2. The summed E-state index contributed by atoms with van der Waals surface area (Å²) in [5.74, 6) is 0.632. The van der Waals surface area contributed by atoms with Crippen LogP contribution in [0.2, 0.25) is 0 Å². The highest BCUT2D eigenvalue weighted by Crippen LogP contribution is 2.34. The van der Waals surface area contributed by atoms with Crippen molar-refractivity contribution in [2.24, 2.45) is 0 Å². The van der Waals surface area contributed by atoms with Crippen molar-refractivity contribution >= 4 is 12.0 Å². The molecule has 1 fully saturated rings. The molecule has 1 aromatic rings. The zero-order chi connectivity index (χ0) is 20.1. The number of allylic oxidation sites excluding steroid dienone is 1. The summed E-state index contributed by atoms with van der Waals surface area (Å²) in [6, 6.07) is 4.27. The predicted molar refractivity (Wildman–Crippen MR) is 101 cm³/mol. The summed E-state index contributed by atoms with van der Waals surface area (Å²) in [6.45, 7) is 4.95. The minimum absolute atomic E-state index is 0.0694. The van der Waals surface area contributed by atoms with E-state index in [1.54, 1.807) is 32.2 Å². The third-order valence-corrected chi connectivity index (χ3v) is 4.73. The van der Waals surface area contributed by atoms with Crippen LogP contribution < -0.4 is 20.1 Å². The van der Waals surface area contributed by atoms with Crippen molar-refractivity contribution in [2.45, 2.75) is 38.8 Å². The number of carbonyl (C=O) groups is 2. The Morgan fingerprint density at radius 3 is 2.82 bits per heavy atom. The zero-order valence-electron chi connectivity index (χ0n) is 16.4. The first-order valence-electron chi connectivity index (χ1n) is 9.41. The van der Waals surface area contributed by atoms with Gasteiger partial charge in [-0.25, -0.2) is 9.59 Å². The molecule has 2 amide bonds. The number of urea groups is 1. The lowest BCUT2D eigenvalue weighted by Gasteiger charge is -2.28. The number of ether oxygens (including phenoxy) is 4. The second-order valence-electron chi connectivity index (χ2n) is 6.65. The number of methoxy groups -OCH3 is 1. The molecule has 2 aliphatic rings. The van der Waals surface area contributed by atoms with Crippen LogP contribution in [0.3, 0.4) is 0 Å². The van der Waals surface area contributed by atoms with Gasteiger partial charge in [0.2, 0.25) is 0 Å². The molecule has 152 valence electrons. The Balaban J connectivity index is 1.85. The molecule has 0 aromatic heterocycles. The van der Waals surface area contributed by atoms with Gasteiger partial charge in [0.25, 0.3) is 0 Å². The van der Waals surface area contributed by atoms with E-state index in [-0.39, 0.29) is 18.7 Å². The van der Waals surface area contributed by atoms with Crippen LogP contribution in [0, 0.1) is 0 Å². The quantitative estimate of drug-likeness (QED) is 0.695. The molecule has 0 unspecified atom stereocenters. The molecular formula is C20H26N2O6. The van der Waals surface area contributed by atoms with Gasteiger partial charge < -0.3 is 29.6 Å². The van der Waals surface area contributed by atoms with Gasteiger partial charge in [-0.05, 0) is 44.4 Å². The van der Waals surface area contributed by atoms with Crippen molar-refractivity contribution in [3.8, 4) is 11.5 Å². The van der Waals surface area contributed by atoms with Gasteiger partial charge in [0.15, 0.2) is 11.5 Å². The first-order valence-corrected chi connectivity index (χ1v) is 9.41. The lowest BCUT2D eigenvalue weighted by atomic mass is 9.95. The minimum atomic E-state index is -0.657. The fraction of sp³-hybridized carbons (Fsp3) is 0.500. The summed E-state index contributed by atoms with van der Waals surface area (Å²) in [7, 11) is 1.54. The topological polar surface area (TPSA) is 95.1 Å². The molecule has 1 aromatic carbocycles. The highest BCUT2D eigenvalue weighted by atomic mass is 16.6. The van der Waals surface area contributed by atoms with Gasteiger partial charge in [-0.3, -0.25) is 0 Å². The van der Waals surface area contributed by atoms with Crippen LogP contribution in [-0.4, -0.2) is 45.0 Å². The van der Waals surface area contributed by atoms with Crippen molar-refractivity contribution in [1.82, 2.24) is 10.6 Å². The zero-order valence-corrected chi connectivity index (χ0v) is 16.4. The molecule has 0 saturated carbocycles. The predicted octanol–water partition coefficient (Wildman–Crippen LogP) is 2.44. The van der Waals surface area contributed by atoms with Gasteiger partial charge in [-0.15, -0.1) is 0 Å². The molecule has 2 atom stereocenters.